The number of nitriles is 1. The van der Waals surface area contributed by atoms with Gasteiger partial charge in [-0.1, -0.05) is 48.5 Å². The van der Waals surface area contributed by atoms with E-state index in [1.54, 1.807) is 18.2 Å². The van der Waals surface area contributed by atoms with Crippen LogP contribution in [0.15, 0.2) is 60.7 Å². The number of ether oxygens (including phenoxy) is 1. The number of amides is 2. The summed E-state index contributed by atoms with van der Waals surface area (Å²) in [7, 11) is 0. The van der Waals surface area contributed by atoms with Gasteiger partial charge in [0.2, 0.25) is 5.78 Å². The molecule has 1 aliphatic rings. The molecule has 3 aromatic carbocycles. The molecular weight excluding hydrogens is 472 g/mol. The lowest BCUT2D eigenvalue weighted by Gasteiger charge is -2.20. The van der Waals surface area contributed by atoms with Gasteiger partial charge in [-0.25, -0.2) is 0 Å². The molecule has 37 heavy (non-hydrogen) atoms. The number of rotatable bonds is 10. The van der Waals surface area contributed by atoms with Crippen LogP contribution >= 0.6 is 0 Å². The van der Waals surface area contributed by atoms with Gasteiger partial charge >= 0.3 is 11.8 Å². The van der Waals surface area contributed by atoms with Crippen LogP contribution in [0.5, 0.6) is 5.75 Å². The molecule has 1 fully saturated rings. The van der Waals surface area contributed by atoms with Crippen LogP contribution in [0.25, 0.3) is 10.8 Å². The second-order valence-electron chi connectivity index (χ2n) is 8.73. The van der Waals surface area contributed by atoms with Crippen molar-refractivity contribution in [2.75, 3.05) is 19.8 Å². The third kappa shape index (κ3) is 5.34. The van der Waals surface area contributed by atoms with Crippen LogP contribution in [0.4, 0.5) is 0 Å². The number of Topliss-reactive ketones (excluding diaryl/α,β-unsaturated/α-hetero) is 1. The number of aliphatic hydroxyl groups excluding tert-OH is 1. The Morgan fingerprint density at radius 3 is 2.49 bits per heavy atom. The number of ketones is 1. The molecule has 2 amide bonds. The summed E-state index contributed by atoms with van der Waals surface area (Å²) in [4.78, 5) is 37.7. The molecule has 9 nitrogen and oxygen atoms in total. The summed E-state index contributed by atoms with van der Waals surface area (Å²) in [5.74, 6) is -2.07. The Bertz CT molecular complexity index is 1420. The van der Waals surface area contributed by atoms with Crippen LogP contribution in [0.3, 0.4) is 0 Å². The van der Waals surface area contributed by atoms with E-state index >= 15 is 0 Å². The average Bonchev–Trinajstić information content (AvgIpc) is 3.74. The Hall–Kier alpha value is -4.55. The van der Waals surface area contributed by atoms with Gasteiger partial charge in [0.1, 0.15) is 18.9 Å². The molecule has 0 saturated heterocycles. The van der Waals surface area contributed by atoms with E-state index in [0.717, 1.165) is 16.3 Å². The first kappa shape index (κ1) is 25.5. The quantitative estimate of drug-likeness (QED) is 0.146. The third-order valence-corrected chi connectivity index (χ3v) is 6.42. The number of nitrogens with zero attached hydrogens (tertiary/aromatic N) is 1. The van der Waals surface area contributed by atoms with E-state index in [9.17, 15) is 14.4 Å². The molecule has 0 aromatic heterocycles. The van der Waals surface area contributed by atoms with Crippen LogP contribution in [0.1, 0.15) is 34.3 Å². The van der Waals surface area contributed by atoms with Crippen molar-refractivity contribution < 1.29 is 24.2 Å². The molecule has 0 bridgehead atoms. The Morgan fingerprint density at radius 2 is 1.76 bits per heavy atom. The van der Waals surface area contributed by atoms with Crippen molar-refractivity contribution in [3.8, 4) is 11.8 Å². The summed E-state index contributed by atoms with van der Waals surface area (Å²) >= 11 is 0. The molecule has 4 rings (SSSR count). The van der Waals surface area contributed by atoms with Gasteiger partial charge in [-0.15, -0.1) is 0 Å². The number of hydrogen-bond donors (Lipinski definition) is 4. The lowest BCUT2D eigenvalue weighted by Crippen LogP contribution is -2.40. The fourth-order valence-corrected chi connectivity index (χ4v) is 4.40. The molecule has 3 aromatic rings. The maximum atomic E-state index is 13.7. The fourth-order valence-electron chi connectivity index (χ4n) is 4.40. The Balaban J connectivity index is 1.63. The number of carbonyl (C=O) groups is 3. The normalized spacial score (nSPS) is 13.3. The zero-order valence-corrected chi connectivity index (χ0v) is 20.0. The fraction of sp³-hybridized carbons (Fsp3) is 0.250. The molecule has 188 valence electrons. The second kappa shape index (κ2) is 11.0. The minimum atomic E-state index is -0.960. The second-order valence-corrected chi connectivity index (χ2v) is 8.73. The highest BCUT2D eigenvalue weighted by molar-refractivity contribution is 6.49. The van der Waals surface area contributed by atoms with Crippen molar-refractivity contribution >= 4 is 34.1 Å². The summed E-state index contributed by atoms with van der Waals surface area (Å²) in [5, 5.41) is 33.3. The number of nitrogens with one attached hydrogen (secondary N) is 3. The SMILES string of the molecule is N#CCNC(=O)C(=O)NCc1ccc(OCCO)cc1C(=O)C(=N)C1(c2cccc3ccccc23)CC1. The van der Waals surface area contributed by atoms with Crippen molar-refractivity contribution in [3.63, 3.8) is 0 Å². The van der Waals surface area contributed by atoms with Crippen molar-refractivity contribution in [2.45, 2.75) is 24.8 Å². The molecule has 0 spiro atoms. The zero-order chi connectivity index (χ0) is 26.4. The lowest BCUT2D eigenvalue weighted by molar-refractivity contribution is -0.139. The highest BCUT2D eigenvalue weighted by Gasteiger charge is 2.51. The molecule has 0 atom stereocenters. The van der Waals surface area contributed by atoms with E-state index in [4.69, 9.17) is 20.5 Å². The molecule has 0 aliphatic heterocycles. The van der Waals surface area contributed by atoms with Gasteiger partial charge in [-0.05, 0) is 46.9 Å². The van der Waals surface area contributed by atoms with E-state index < -0.39 is 23.0 Å². The van der Waals surface area contributed by atoms with Crippen LogP contribution in [-0.4, -0.2) is 48.2 Å². The van der Waals surface area contributed by atoms with E-state index in [2.05, 4.69) is 10.6 Å². The number of aliphatic hydroxyl groups is 1. The summed E-state index contributed by atoms with van der Waals surface area (Å²) in [6, 6.07) is 20.1. The lowest BCUT2D eigenvalue weighted by atomic mass is 9.83. The Kier molecular flexibility index (Phi) is 7.60. The Labute approximate surface area is 213 Å². The summed E-state index contributed by atoms with van der Waals surface area (Å²) in [6.07, 6.45) is 1.33. The van der Waals surface area contributed by atoms with Gasteiger partial charge in [0.15, 0.2) is 0 Å². The molecule has 0 radical (unpaired) electrons. The molecule has 4 N–H and O–H groups in total. The molecule has 0 unspecified atom stereocenters. The van der Waals surface area contributed by atoms with Crippen molar-refractivity contribution in [1.29, 1.82) is 10.7 Å². The van der Waals surface area contributed by atoms with Gasteiger partial charge in [0, 0.05) is 17.5 Å². The van der Waals surface area contributed by atoms with Crippen LogP contribution < -0.4 is 15.4 Å². The molecule has 1 saturated carbocycles. The third-order valence-electron chi connectivity index (χ3n) is 6.42. The average molecular weight is 499 g/mol. The van der Waals surface area contributed by atoms with Gasteiger partial charge in [0.25, 0.3) is 0 Å². The topological polar surface area (TPSA) is 152 Å². The van der Waals surface area contributed by atoms with E-state index in [1.165, 1.54) is 6.07 Å². The molecule has 9 heteroatoms. The predicted molar refractivity (Wildman–Crippen MR) is 136 cm³/mol. The number of fused-ring (bicyclic) bond motifs is 1. The molecule has 1 aliphatic carbocycles. The molecule has 0 heterocycles. The number of carbonyl (C=O) groups excluding carboxylic acids is 3. The van der Waals surface area contributed by atoms with Crippen LogP contribution in [0.2, 0.25) is 0 Å². The van der Waals surface area contributed by atoms with Gasteiger partial charge in [0.05, 0.1) is 18.4 Å². The van der Waals surface area contributed by atoms with Crippen molar-refractivity contribution in [1.82, 2.24) is 10.6 Å². The zero-order valence-electron chi connectivity index (χ0n) is 20.0. The highest BCUT2D eigenvalue weighted by Crippen LogP contribution is 2.51. The monoisotopic (exact) mass is 498 g/mol. The minimum absolute atomic E-state index is 0.0279. The maximum Gasteiger partial charge on any atom is 0.310 e. The molecular formula is C28H26N4O5. The van der Waals surface area contributed by atoms with Crippen molar-refractivity contribution in [3.05, 3.63) is 77.4 Å². The first-order chi connectivity index (χ1) is 17.9. The first-order valence-electron chi connectivity index (χ1n) is 11.8. The number of hydrogen-bond acceptors (Lipinski definition) is 7. The van der Waals surface area contributed by atoms with E-state index in [-0.39, 0.29) is 37.6 Å². The van der Waals surface area contributed by atoms with Crippen molar-refractivity contribution in [2.24, 2.45) is 0 Å². The Morgan fingerprint density at radius 1 is 1.03 bits per heavy atom. The predicted octanol–water partition coefficient (Wildman–Crippen LogP) is 2.40. The summed E-state index contributed by atoms with van der Waals surface area (Å²) in [5.41, 5.74) is 0.742. The van der Waals surface area contributed by atoms with Crippen LogP contribution in [-0.2, 0) is 21.5 Å². The van der Waals surface area contributed by atoms with Crippen LogP contribution in [0, 0.1) is 16.7 Å². The van der Waals surface area contributed by atoms with E-state index in [0.29, 0.717) is 24.2 Å². The largest absolute Gasteiger partial charge is 0.491 e. The minimum Gasteiger partial charge on any atom is -0.491 e. The summed E-state index contributed by atoms with van der Waals surface area (Å²) < 4.78 is 5.48. The van der Waals surface area contributed by atoms with E-state index in [1.807, 2.05) is 42.5 Å². The van der Waals surface area contributed by atoms with Gasteiger partial charge in [-0.2, -0.15) is 5.26 Å². The first-order valence-corrected chi connectivity index (χ1v) is 11.8. The summed E-state index contributed by atoms with van der Waals surface area (Å²) in [6.45, 7) is -0.631. The highest BCUT2D eigenvalue weighted by atomic mass is 16.5. The van der Waals surface area contributed by atoms with Gasteiger partial charge < -0.3 is 25.9 Å². The smallest absolute Gasteiger partial charge is 0.310 e. The standard InChI is InChI=1S/C28H26N4O5/c29-12-13-31-26(35)27(36)32-17-19-8-9-20(37-15-14-33)16-22(19)24(34)25(30)28(10-11-28)23-7-3-5-18-4-1-2-6-21(18)23/h1-9,16,30,33H,10-11,13-15,17H2,(H,31,35)(H,32,36). The maximum absolute atomic E-state index is 13.7. The van der Waals surface area contributed by atoms with Gasteiger partial charge in [-0.3, -0.25) is 14.4 Å². The number of benzene rings is 3.